The van der Waals surface area contributed by atoms with E-state index in [0.29, 0.717) is 30.1 Å². The number of hydrogen-bond donors (Lipinski definition) is 1. The van der Waals surface area contributed by atoms with E-state index in [2.05, 4.69) is 10.3 Å². The van der Waals surface area contributed by atoms with Crippen LogP contribution >= 0.6 is 22.9 Å². The number of rotatable bonds is 8. The van der Waals surface area contributed by atoms with Crippen molar-refractivity contribution in [2.24, 2.45) is 0 Å². The van der Waals surface area contributed by atoms with Crippen LogP contribution in [0, 0.1) is 10.1 Å². The second-order valence-corrected chi connectivity index (χ2v) is 7.90. The van der Waals surface area contributed by atoms with Gasteiger partial charge >= 0.3 is 0 Å². The van der Waals surface area contributed by atoms with Gasteiger partial charge in [0.05, 0.1) is 26.7 Å². The highest BCUT2D eigenvalue weighted by Gasteiger charge is 2.13. The van der Waals surface area contributed by atoms with E-state index in [4.69, 9.17) is 11.6 Å². The van der Waals surface area contributed by atoms with Gasteiger partial charge in [-0.25, -0.2) is 4.98 Å². The van der Waals surface area contributed by atoms with E-state index >= 15 is 0 Å². The normalized spacial score (nSPS) is 11.1. The standard InChI is InChI=1S/C19H19ClN4O3S/c1-23(11-13-10-14(24(26)27)6-7-15(13)20)12-18(25)21-9-8-19-22-16-4-2-3-5-17(16)28-19/h2-7,10H,8-9,11-12H2,1H3,(H,21,25). The summed E-state index contributed by atoms with van der Waals surface area (Å²) in [4.78, 5) is 28.9. The molecule has 0 aliphatic heterocycles. The van der Waals surface area contributed by atoms with E-state index in [1.165, 1.54) is 18.2 Å². The molecule has 0 atom stereocenters. The van der Waals surface area contributed by atoms with Crippen LogP contribution in [-0.4, -0.2) is 40.9 Å². The highest BCUT2D eigenvalue weighted by molar-refractivity contribution is 7.18. The molecule has 1 aromatic heterocycles. The Morgan fingerprint density at radius 1 is 1.32 bits per heavy atom. The Bertz CT molecular complexity index is 975. The number of amides is 1. The minimum atomic E-state index is -0.464. The Morgan fingerprint density at radius 3 is 2.86 bits per heavy atom. The van der Waals surface area contributed by atoms with Crippen molar-refractivity contribution in [2.75, 3.05) is 20.1 Å². The molecule has 0 aliphatic rings. The van der Waals surface area contributed by atoms with Crippen LogP contribution in [0.25, 0.3) is 10.2 Å². The summed E-state index contributed by atoms with van der Waals surface area (Å²) in [7, 11) is 1.77. The zero-order valence-corrected chi connectivity index (χ0v) is 16.8. The maximum atomic E-state index is 12.2. The summed E-state index contributed by atoms with van der Waals surface area (Å²) in [6.07, 6.45) is 0.672. The predicted octanol–water partition coefficient (Wildman–Crippen LogP) is 3.65. The van der Waals surface area contributed by atoms with E-state index in [-0.39, 0.29) is 18.1 Å². The van der Waals surface area contributed by atoms with Gasteiger partial charge in [-0.05, 0) is 30.8 Å². The molecule has 0 saturated heterocycles. The molecule has 0 radical (unpaired) electrons. The first-order chi connectivity index (χ1) is 13.4. The van der Waals surface area contributed by atoms with Gasteiger partial charge < -0.3 is 5.32 Å². The third-order valence-electron chi connectivity index (χ3n) is 4.09. The molecule has 2 aromatic carbocycles. The zero-order chi connectivity index (χ0) is 20.1. The number of fused-ring (bicyclic) bond motifs is 1. The molecule has 1 N–H and O–H groups in total. The van der Waals surface area contributed by atoms with Crippen molar-refractivity contribution in [3.05, 3.63) is 68.2 Å². The third-order valence-corrected chi connectivity index (χ3v) is 5.56. The minimum Gasteiger partial charge on any atom is -0.355 e. The Labute approximate surface area is 171 Å². The van der Waals surface area contributed by atoms with Gasteiger partial charge in [-0.2, -0.15) is 0 Å². The van der Waals surface area contributed by atoms with Crippen LogP contribution in [-0.2, 0) is 17.8 Å². The van der Waals surface area contributed by atoms with Crippen molar-refractivity contribution in [1.82, 2.24) is 15.2 Å². The summed E-state index contributed by atoms with van der Waals surface area (Å²) in [6, 6.07) is 12.2. The highest BCUT2D eigenvalue weighted by atomic mass is 35.5. The monoisotopic (exact) mass is 418 g/mol. The minimum absolute atomic E-state index is 0.0203. The van der Waals surface area contributed by atoms with Crippen LogP contribution < -0.4 is 5.32 Å². The molecule has 28 heavy (non-hydrogen) atoms. The molecular formula is C19H19ClN4O3S. The molecule has 3 rings (SSSR count). The summed E-state index contributed by atoms with van der Waals surface area (Å²) in [5.41, 5.74) is 1.57. The molecule has 3 aromatic rings. The fourth-order valence-electron chi connectivity index (χ4n) is 2.78. The topological polar surface area (TPSA) is 88.4 Å². The second kappa shape index (κ2) is 9.09. The second-order valence-electron chi connectivity index (χ2n) is 6.38. The van der Waals surface area contributed by atoms with Crippen molar-refractivity contribution in [3.63, 3.8) is 0 Å². The summed E-state index contributed by atoms with van der Waals surface area (Å²) in [6.45, 7) is 1.01. The van der Waals surface area contributed by atoms with Crippen molar-refractivity contribution in [2.45, 2.75) is 13.0 Å². The maximum Gasteiger partial charge on any atom is 0.269 e. The number of carbonyl (C=O) groups is 1. The molecule has 0 bridgehead atoms. The van der Waals surface area contributed by atoms with E-state index < -0.39 is 4.92 Å². The molecule has 1 amide bonds. The molecule has 0 fully saturated rings. The number of likely N-dealkylation sites (N-methyl/N-ethyl adjacent to an activating group) is 1. The number of aromatic nitrogens is 1. The average Bonchev–Trinajstić information content (AvgIpc) is 3.06. The Balaban J connectivity index is 1.48. The molecule has 0 aliphatic carbocycles. The molecule has 9 heteroatoms. The number of nitrogens with zero attached hydrogens (tertiary/aromatic N) is 3. The molecule has 0 spiro atoms. The lowest BCUT2D eigenvalue weighted by Gasteiger charge is -2.17. The van der Waals surface area contributed by atoms with Gasteiger partial charge in [0.15, 0.2) is 0 Å². The van der Waals surface area contributed by atoms with Crippen molar-refractivity contribution in [1.29, 1.82) is 0 Å². The van der Waals surface area contributed by atoms with Gasteiger partial charge in [-0.1, -0.05) is 23.7 Å². The number of nitro groups is 1. The summed E-state index contributed by atoms with van der Waals surface area (Å²) >= 11 is 7.74. The number of halogens is 1. The zero-order valence-electron chi connectivity index (χ0n) is 15.2. The van der Waals surface area contributed by atoms with E-state index in [9.17, 15) is 14.9 Å². The molecular weight excluding hydrogens is 400 g/mol. The largest absolute Gasteiger partial charge is 0.355 e. The Hall–Kier alpha value is -2.55. The summed E-state index contributed by atoms with van der Waals surface area (Å²) < 4.78 is 1.14. The lowest BCUT2D eigenvalue weighted by molar-refractivity contribution is -0.384. The molecule has 0 saturated carbocycles. The van der Waals surface area contributed by atoms with Crippen molar-refractivity contribution in [3.8, 4) is 0 Å². The van der Waals surface area contributed by atoms with E-state index in [0.717, 1.165) is 15.2 Å². The highest BCUT2D eigenvalue weighted by Crippen LogP contribution is 2.23. The van der Waals surface area contributed by atoms with Gasteiger partial charge in [0.2, 0.25) is 5.91 Å². The number of thiazole rings is 1. The van der Waals surface area contributed by atoms with E-state index in [1.807, 2.05) is 24.3 Å². The Morgan fingerprint density at radius 2 is 2.11 bits per heavy atom. The maximum absolute atomic E-state index is 12.2. The molecule has 7 nitrogen and oxygen atoms in total. The molecule has 0 unspecified atom stereocenters. The number of nitrogens with one attached hydrogen (secondary N) is 1. The van der Waals surface area contributed by atoms with E-state index in [1.54, 1.807) is 23.3 Å². The van der Waals surface area contributed by atoms with Gasteiger partial charge in [0.25, 0.3) is 5.69 Å². The van der Waals surface area contributed by atoms with Gasteiger partial charge in [0.1, 0.15) is 0 Å². The number of para-hydroxylation sites is 1. The summed E-state index contributed by atoms with van der Waals surface area (Å²) in [5, 5.41) is 15.2. The average molecular weight is 419 g/mol. The number of hydrogen-bond acceptors (Lipinski definition) is 6. The van der Waals surface area contributed by atoms with Crippen LogP contribution in [0.2, 0.25) is 5.02 Å². The number of carbonyl (C=O) groups excluding carboxylic acids is 1. The van der Waals surface area contributed by atoms with Crippen LogP contribution in [0.15, 0.2) is 42.5 Å². The first-order valence-electron chi connectivity index (χ1n) is 8.65. The smallest absolute Gasteiger partial charge is 0.269 e. The fourth-order valence-corrected chi connectivity index (χ4v) is 3.92. The van der Waals surface area contributed by atoms with Crippen LogP contribution in [0.1, 0.15) is 10.6 Å². The third kappa shape index (κ3) is 5.25. The van der Waals surface area contributed by atoms with Gasteiger partial charge in [-0.3, -0.25) is 19.8 Å². The van der Waals surface area contributed by atoms with Crippen molar-refractivity contribution < 1.29 is 9.72 Å². The van der Waals surface area contributed by atoms with Crippen LogP contribution in [0.5, 0.6) is 0 Å². The van der Waals surface area contributed by atoms with Gasteiger partial charge in [-0.15, -0.1) is 11.3 Å². The molecule has 146 valence electrons. The number of nitro benzene ring substituents is 1. The number of non-ortho nitro benzene ring substituents is 1. The van der Waals surface area contributed by atoms with Crippen molar-refractivity contribution >= 4 is 44.7 Å². The molecule has 1 heterocycles. The summed E-state index contributed by atoms with van der Waals surface area (Å²) in [5.74, 6) is -0.120. The quantitative estimate of drug-likeness (QED) is 0.445. The number of benzene rings is 2. The van der Waals surface area contributed by atoms with Crippen LogP contribution in [0.3, 0.4) is 0 Å². The Kier molecular flexibility index (Phi) is 6.56. The fraction of sp³-hybridized carbons (Fsp3) is 0.263. The van der Waals surface area contributed by atoms with Crippen LogP contribution in [0.4, 0.5) is 5.69 Å². The first kappa shape index (κ1) is 20.2. The first-order valence-corrected chi connectivity index (χ1v) is 9.84. The lowest BCUT2D eigenvalue weighted by atomic mass is 10.2. The lowest BCUT2D eigenvalue weighted by Crippen LogP contribution is -2.35. The van der Waals surface area contributed by atoms with Gasteiger partial charge in [0, 0.05) is 36.7 Å². The SMILES string of the molecule is CN(CC(=O)NCCc1nc2ccccc2s1)Cc1cc([N+](=O)[O-])ccc1Cl. The predicted molar refractivity (Wildman–Crippen MR) is 111 cm³/mol.